The van der Waals surface area contributed by atoms with Crippen molar-refractivity contribution in [3.63, 3.8) is 0 Å². The zero-order chi connectivity index (χ0) is 13.8. The highest BCUT2D eigenvalue weighted by Crippen LogP contribution is 2.24. The molecule has 1 heterocycles. The average Bonchev–Trinajstić information content (AvgIpc) is 2.78. The third-order valence-electron chi connectivity index (χ3n) is 3.26. The summed E-state index contributed by atoms with van der Waals surface area (Å²) in [6.07, 6.45) is 2.44. The normalized spacial score (nSPS) is 12.6. The molecule has 0 saturated carbocycles. The number of halogens is 1. The van der Waals surface area contributed by atoms with Crippen LogP contribution in [0.3, 0.4) is 0 Å². The summed E-state index contributed by atoms with van der Waals surface area (Å²) < 4.78 is 2.94. The Morgan fingerprint density at radius 1 is 1.42 bits per heavy atom. The Morgan fingerprint density at radius 3 is 2.84 bits per heavy atom. The highest BCUT2D eigenvalue weighted by Gasteiger charge is 2.16. The maximum atomic E-state index is 4.32. The van der Waals surface area contributed by atoms with Gasteiger partial charge < -0.3 is 5.32 Å². The molecule has 2 aromatic rings. The second kappa shape index (κ2) is 6.30. The lowest BCUT2D eigenvalue weighted by atomic mass is 9.98. The van der Waals surface area contributed by atoms with E-state index in [2.05, 4.69) is 63.4 Å². The van der Waals surface area contributed by atoms with Crippen LogP contribution in [-0.2, 0) is 13.5 Å². The van der Waals surface area contributed by atoms with E-state index < -0.39 is 0 Å². The molecule has 0 spiro atoms. The smallest absolute Gasteiger partial charge is 0.138 e. The lowest BCUT2D eigenvalue weighted by Gasteiger charge is -2.20. The van der Waals surface area contributed by atoms with Crippen LogP contribution in [0.15, 0.2) is 29.0 Å². The number of nitrogens with zero attached hydrogens (tertiary/aromatic N) is 3. The summed E-state index contributed by atoms with van der Waals surface area (Å²) in [5.41, 5.74) is 2.59. The van der Waals surface area contributed by atoms with E-state index in [-0.39, 0.29) is 6.04 Å². The summed E-state index contributed by atoms with van der Waals surface area (Å²) in [5.74, 6) is 0.991. The number of benzene rings is 1. The first-order valence-corrected chi connectivity index (χ1v) is 7.23. The minimum absolute atomic E-state index is 0.255. The van der Waals surface area contributed by atoms with Crippen molar-refractivity contribution in [2.45, 2.75) is 26.3 Å². The van der Waals surface area contributed by atoms with Crippen LogP contribution < -0.4 is 5.32 Å². The van der Waals surface area contributed by atoms with Crippen molar-refractivity contribution in [3.8, 4) is 0 Å². The van der Waals surface area contributed by atoms with E-state index in [0.29, 0.717) is 0 Å². The molecule has 2 rings (SSSR count). The Bertz CT molecular complexity index is 550. The van der Waals surface area contributed by atoms with Crippen LogP contribution in [0, 0.1) is 6.92 Å². The van der Waals surface area contributed by atoms with E-state index in [9.17, 15) is 0 Å². The fourth-order valence-corrected chi connectivity index (χ4v) is 2.59. The van der Waals surface area contributed by atoms with Gasteiger partial charge in [-0.25, -0.2) is 4.98 Å². The fourth-order valence-electron chi connectivity index (χ4n) is 2.21. The number of nitrogens with one attached hydrogen (secondary N) is 1. The monoisotopic (exact) mass is 322 g/mol. The van der Waals surface area contributed by atoms with Crippen molar-refractivity contribution in [1.29, 1.82) is 0 Å². The minimum Gasteiger partial charge on any atom is -0.310 e. The van der Waals surface area contributed by atoms with Crippen LogP contribution in [0.2, 0.25) is 0 Å². The van der Waals surface area contributed by atoms with Gasteiger partial charge in [-0.05, 0) is 36.7 Å². The van der Waals surface area contributed by atoms with Crippen LogP contribution in [0.25, 0.3) is 0 Å². The summed E-state index contributed by atoms with van der Waals surface area (Å²) in [7, 11) is 1.93. The van der Waals surface area contributed by atoms with E-state index in [4.69, 9.17) is 0 Å². The van der Waals surface area contributed by atoms with E-state index in [1.165, 1.54) is 11.1 Å². The van der Waals surface area contributed by atoms with Gasteiger partial charge in [0.25, 0.3) is 0 Å². The van der Waals surface area contributed by atoms with Gasteiger partial charge >= 0.3 is 0 Å². The summed E-state index contributed by atoms with van der Waals surface area (Å²) in [5, 5.41) is 7.66. The van der Waals surface area contributed by atoms with Crippen molar-refractivity contribution < 1.29 is 0 Å². The lowest BCUT2D eigenvalue weighted by molar-refractivity contribution is 0.520. The van der Waals surface area contributed by atoms with Crippen molar-refractivity contribution in [2.24, 2.45) is 7.05 Å². The van der Waals surface area contributed by atoms with Gasteiger partial charge in [0, 0.05) is 24.0 Å². The molecule has 19 heavy (non-hydrogen) atoms. The predicted molar refractivity (Wildman–Crippen MR) is 80.0 cm³/mol. The second-order valence-electron chi connectivity index (χ2n) is 4.62. The van der Waals surface area contributed by atoms with Gasteiger partial charge in [-0.15, -0.1) is 0 Å². The molecule has 1 aromatic carbocycles. The molecule has 0 aliphatic carbocycles. The molecule has 0 radical (unpaired) electrons. The van der Waals surface area contributed by atoms with Crippen molar-refractivity contribution in [2.75, 3.05) is 6.54 Å². The topological polar surface area (TPSA) is 42.7 Å². The molecule has 1 atom stereocenters. The van der Waals surface area contributed by atoms with Crippen LogP contribution in [0.5, 0.6) is 0 Å². The van der Waals surface area contributed by atoms with Gasteiger partial charge in [-0.1, -0.05) is 28.9 Å². The molecule has 102 valence electrons. The van der Waals surface area contributed by atoms with Crippen LogP contribution in [0.4, 0.5) is 0 Å². The molecule has 1 N–H and O–H groups in total. The summed E-state index contributed by atoms with van der Waals surface area (Å²) >= 11 is 3.55. The standard InChI is InChI=1S/C14H19BrN4/c1-4-16-13(8-14-17-9-18-19(14)3)12-7-11(15)6-5-10(12)2/h5-7,9,13,16H,4,8H2,1-3H3. The summed E-state index contributed by atoms with van der Waals surface area (Å²) in [6.45, 7) is 5.19. The fraction of sp³-hybridized carbons (Fsp3) is 0.429. The minimum atomic E-state index is 0.255. The molecule has 1 unspecified atom stereocenters. The maximum Gasteiger partial charge on any atom is 0.138 e. The Labute approximate surface area is 122 Å². The number of rotatable bonds is 5. The van der Waals surface area contributed by atoms with Gasteiger partial charge in [-0.3, -0.25) is 4.68 Å². The molecule has 0 amide bonds. The zero-order valence-electron chi connectivity index (χ0n) is 11.5. The molecule has 1 aromatic heterocycles. The lowest BCUT2D eigenvalue weighted by Crippen LogP contribution is -2.25. The van der Waals surface area contributed by atoms with Gasteiger partial charge in [0.2, 0.25) is 0 Å². The van der Waals surface area contributed by atoms with Crippen molar-refractivity contribution >= 4 is 15.9 Å². The molecule has 0 bridgehead atoms. The summed E-state index contributed by atoms with van der Waals surface area (Å²) in [4.78, 5) is 4.32. The molecule has 0 aliphatic rings. The van der Waals surface area contributed by atoms with Crippen LogP contribution in [0.1, 0.15) is 29.9 Å². The van der Waals surface area contributed by atoms with E-state index >= 15 is 0 Å². The SMILES string of the molecule is CCNC(Cc1ncnn1C)c1cc(Br)ccc1C. The average molecular weight is 323 g/mol. The second-order valence-corrected chi connectivity index (χ2v) is 5.53. The highest BCUT2D eigenvalue weighted by atomic mass is 79.9. The van der Waals surface area contributed by atoms with Crippen molar-refractivity contribution in [1.82, 2.24) is 20.1 Å². The molecule has 0 aliphatic heterocycles. The van der Waals surface area contributed by atoms with E-state index in [1.54, 1.807) is 6.33 Å². The van der Waals surface area contributed by atoms with Gasteiger partial charge in [0.05, 0.1) is 0 Å². The number of aromatic nitrogens is 3. The van der Waals surface area contributed by atoms with Crippen LogP contribution in [-0.4, -0.2) is 21.3 Å². The third-order valence-corrected chi connectivity index (χ3v) is 3.75. The third kappa shape index (κ3) is 3.42. The quantitative estimate of drug-likeness (QED) is 0.920. The van der Waals surface area contributed by atoms with Gasteiger partial charge in [0.15, 0.2) is 0 Å². The number of hydrogen-bond acceptors (Lipinski definition) is 3. The first-order chi connectivity index (χ1) is 9.11. The number of likely N-dealkylation sites (N-methyl/N-ethyl adjacent to an activating group) is 1. The first kappa shape index (κ1) is 14.2. The molecule has 4 nitrogen and oxygen atoms in total. The highest BCUT2D eigenvalue weighted by molar-refractivity contribution is 9.10. The Morgan fingerprint density at radius 2 is 2.21 bits per heavy atom. The number of aryl methyl sites for hydroxylation is 2. The van der Waals surface area contributed by atoms with Crippen LogP contribution >= 0.6 is 15.9 Å². The predicted octanol–water partition coefficient (Wildman–Crippen LogP) is 2.78. The van der Waals surface area contributed by atoms with E-state index in [0.717, 1.165) is 23.3 Å². The first-order valence-electron chi connectivity index (χ1n) is 6.44. The Kier molecular flexibility index (Phi) is 4.71. The van der Waals surface area contributed by atoms with Crippen molar-refractivity contribution in [3.05, 3.63) is 46.0 Å². The molecular formula is C14H19BrN4. The van der Waals surface area contributed by atoms with Gasteiger partial charge in [0.1, 0.15) is 12.2 Å². The number of hydrogen-bond donors (Lipinski definition) is 1. The Hall–Kier alpha value is -1.20. The van der Waals surface area contributed by atoms with E-state index in [1.807, 2.05) is 11.7 Å². The molecule has 0 saturated heterocycles. The zero-order valence-corrected chi connectivity index (χ0v) is 13.1. The molecule has 0 fully saturated rings. The largest absolute Gasteiger partial charge is 0.310 e. The Balaban J connectivity index is 2.29. The van der Waals surface area contributed by atoms with Gasteiger partial charge in [-0.2, -0.15) is 5.10 Å². The summed E-state index contributed by atoms with van der Waals surface area (Å²) in [6, 6.07) is 6.65. The molecule has 5 heteroatoms. The molecular weight excluding hydrogens is 304 g/mol. The maximum absolute atomic E-state index is 4.32.